The third kappa shape index (κ3) is 6.01. The summed E-state index contributed by atoms with van der Waals surface area (Å²) in [5, 5.41) is 3.46. The van der Waals surface area contributed by atoms with Gasteiger partial charge in [0.05, 0.1) is 6.61 Å². The lowest BCUT2D eigenvalue weighted by molar-refractivity contribution is 0.265. The maximum atomic E-state index is 13.8. The van der Waals surface area contributed by atoms with Crippen LogP contribution in [-0.2, 0) is 13.2 Å². The van der Waals surface area contributed by atoms with Crippen molar-refractivity contribution in [3.05, 3.63) is 57.8 Å². The maximum absolute atomic E-state index is 13.8. The lowest BCUT2D eigenvalue weighted by Crippen LogP contribution is -2.35. The molecule has 5 heteroatoms. The van der Waals surface area contributed by atoms with Gasteiger partial charge in [0.1, 0.15) is 12.4 Å². The molecule has 0 atom stereocenters. The Bertz CT molecular complexity index is 713. The molecule has 0 saturated heterocycles. The molecule has 0 aliphatic carbocycles. The van der Waals surface area contributed by atoms with Crippen LogP contribution in [0.3, 0.4) is 0 Å². The van der Waals surface area contributed by atoms with Crippen LogP contribution >= 0.6 is 15.9 Å². The largest absolute Gasteiger partial charge is 0.490 e. The molecule has 0 spiro atoms. The maximum Gasteiger partial charge on any atom is 0.162 e. The van der Waals surface area contributed by atoms with E-state index in [9.17, 15) is 4.39 Å². The Hall–Kier alpha value is -1.59. The van der Waals surface area contributed by atoms with Gasteiger partial charge in [-0.1, -0.05) is 34.1 Å². The minimum Gasteiger partial charge on any atom is -0.490 e. The van der Waals surface area contributed by atoms with Crippen LogP contribution in [0.1, 0.15) is 38.8 Å². The molecule has 0 fully saturated rings. The summed E-state index contributed by atoms with van der Waals surface area (Å²) in [5.74, 6) is 0.981. The molecule has 0 unspecified atom stereocenters. The molecule has 2 rings (SSSR count). The van der Waals surface area contributed by atoms with Gasteiger partial charge >= 0.3 is 0 Å². The minimum atomic E-state index is -0.273. The summed E-state index contributed by atoms with van der Waals surface area (Å²) < 4.78 is 26.2. The zero-order chi connectivity index (χ0) is 18.4. The van der Waals surface area contributed by atoms with E-state index in [1.807, 2.05) is 19.1 Å². The predicted molar refractivity (Wildman–Crippen MR) is 103 cm³/mol. The minimum absolute atomic E-state index is 0.0191. The van der Waals surface area contributed by atoms with Gasteiger partial charge < -0.3 is 14.8 Å². The van der Waals surface area contributed by atoms with Crippen LogP contribution in [0.25, 0.3) is 0 Å². The van der Waals surface area contributed by atoms with Crippen LogP contribution in [-0.4, -0.2) is 12.1 Å². The Morgan fingerprint density at radius 1 is 1.04 bits per heavy atom. The molecule has 3 nitrogen and oxygen atoms in total. The number of halogens is 2. The summed E-state index contributed by atoms with van der Waals surface area (Å²) in [6, 6.07) is 10.4. The molecular formula is C20H25BrFNO2. The Morgan fingerprint density at radius 3 is 2.36 bits per heavy atom. The first kappa shape index (κ1) is 19.7. The molecule has 0 saturated carbocycles. The van der Waals surface area contributed by atoms with Gasteiger partial charge in [-0.2, -0.15) is 0 Å². The highest BCUT2D eigenvalue weighted by Gasteiger charge is 2.14. The van der Waals surface area contributed by atoms with Crippen molar-refractivity contribution in [2.24, 2.45) is 0 Å². The van der Waals surface area contributed by atoms with E-state index >= 15 is 0 Å². The SMILES string of the molecule is CCOc1cc(CNC(C)(C)C)c(Br)cc1OCc1ccccc1F. The third-order valence-electron chi connectivity index (χ3n) is 3.56. The van der Waals surface area contributed by atoms with E-state index in [0.29, 0.717) is 30.2 Å². The quantitative estimate of drug-likeness (QED) is 0.658. The number of nitrogens with one attached hydrogen (secondary N) is 1. The Balaban J connectivity index is 2.19. The van der Waals surface area contributed by atoms with Crippen LogP contribution in [0.4, 0.5) is 4.39 Å². The third-order valence-corrected chi connectivity index (χ3v) is 4.30. The van der Waals surface area contributed by atoms with Gasteiger partial charge in [0, 0.05) is 22.1 Å². The van der Waals surface area contributed by atoms with Crippen LogP contribution < -0.4 is 14.8 Å². The summed E-state index contributed by atoms with van der Waals surface area (Å²) in [4.78, 5) is 0. The highest BCUT2D eigenvalue weighted by Crippen LogP contribution is 2.34. The molecule has 2 aromatic rings. The van der Waals surface area contributed by atoms with Gasteiger partial charge in [0.2, 0.25) is 0 Å². The number of hydrogen-bond acceptors (Lipinski definition) is 3. The highest BCUT2D eigenvalue weighted by atomic mass is 79.9. The van der Waals surface area contributed by atoms with Crippen molar-refractivity contribution < 1.29 is 13.9 Å². The zero-order valence-corrected chi connectivity index (χ0v) is 16.7. The topological polar surface area (TPSA) is 30.5 Å². The summed E-state index contributed by atoms with van der Waals surface area (Å²) in [6.45, 7) is 9.68. The highest BCUT2D eigenvalue weighted by molar-refractivity contribution is 9.10. The van der Waals surface area contributed by atoms with Gasteiger partial charge in [-0.25, -0.2) is 4.39 Å². The summed E-state index contributed by atoms with van der Waals surface area (Å²) in [5.41, 5.74) is 1.61. The lowest BCUT2D eigenvalue weighted by atomic mass is 10.1. The van der Waals surface area contributed by atoms with Crippen LogP contribution in [0.5, 0.6) is 11.5 Å². The molecule has 0 amide bonds. The van der Waals surface area contributed by atoms with E-state index in [0.717, 1.165) is 10.0 Å². The fourth-order valence-electron chi connectivity index (χ4n) is 2.23. The number of benzene rings is 2. The van der Waals surface area contributed by atoms with Crippen LogP contribution in [0, 0.1) is 5.82 Å². The van der Waals surface area contributed by atoms with Crippen molar-refractivity contribution in [3.8, 4) is 11.5 Å². The zero-order valence-electron chi connectivity index (χ0n) is 15.2. The predicted octanol–water partition coefficient (Wildman–Crippen LogP) is 5.45. The average molecular weight is 410 g/mol. The van der Waals surface area contributed by atoms with Gasteiger partial charge in [-0.3, -0.25) is 0 Å². The van der Waals surface area contributed by atoms with Crippen LogP contribution in [0.2, 0.25) is 0 Å². The molecule has 0 heterocycles. The molecule has 2 aromatic carbocycles. The molecule has 0 bridgehead atoms. The second-order valence-corrected chi connectivity index (χ2v) is 7.66. The van der Waals surface area contributed by atoms with Crippen molar-refractivity contribution in [1.82, 2.24) is 5.32 Å². The Labute approximate surface area is 157 Å². The first-order chi connectivity index (χ1) is 11.8. The number of hydrogen-bond donors (Lipinski definition) is 1. The van der Waals surface area contributed by atoms with E-state index in [4.69, 9.17) is 9.47 Å². The normalized spacial score (nSPS) is 11.4. The van der Waals surface area contributed by atoms with E-state index in [1.54, 1.807) is 18.2 Å². The first-order valence-electron chi connectivity index (χ1n) is 8.36. The first-order valence-corrected chi connectivity index (χ1v) is 9.16. The van der Waals surface area contributed by atoms with Gasteiger partial charge in [-0.05, 0) is 51.5 Å². The Morgan fingerprint density at radius 2 is 1.72 bits per heavy atom. The fraction of sp³-hybridized carbons (Fsp3) is 0.400. The van der Waals surface area contributed by atoms with Gasteiger partial charge in [-0.15, -0.1) is 0 Å². The summed E-state index contributed by atoms with van der Waals surface area (Å²) >= 11 is 3.59. The van der Waals surface area contributed by atoms with Crippen molar-refractivity contribution in [3.63, 3.8) is 0 Å². The van der Waals surface area contributed by atoms with Crippen molar-refractivity contribution >= 4 is 15.9 Å². The average Bonchev–Trinajstić information content (AvgIpc) is 2.54. The molecular weight excluding hydrogens is 385 g/mol. The second-order valence-electron chi connectivity index (χ2n) is 6.81. The molecule has 1 N–H and O–H groups in total. The molecule has 25 heavy (non-hydrogen) atoms. The smallest absolute Gasteiger partial charge is 0.162 e. The fourth-order valence-corrected chi connectivity index (χ4v) is 2.69. The molecule has 0 aliphatic rings. The van der Waals surface area contributed by atoms with Gasteiger partial charge in [0.25, 0.3) is 0 Å². The standard InChI is InChI=1S/C20H25BrFNO2/c1-5-24-18-10-15(12-23-20(2,3)4)16(21)11-19(18)25-13-14-8-6-7-9-17(14)22/h6-11,23H,5,12-13H2,1-4H3. The van der Waals surface area contributed by atoms with E-state index in [2.05, 4.69) is 42.0 Å². The molecule has 136 valence electrons. The lowest BCUT2D eigenvalue weighted by Gasteiger charge is -2.22. The van der Waals surface area contributed by atoms with Crippen molar-refractivity contribution in [2.75, 3.05) is 6.61 Å². The summed E-state index contributed by atoms with van der Waals surface area (Å²) in [7, 11) is 0. The van der Waals surface area contributed by atoms with Crippen LogP contribution in [0.15, 0.2) is 40.9 Å². The van der Waals surface area contributed by atoms with Crippen molar-refractivity contribution in [2.45, 2.75) is 46.4 Å². The number of ether oxygens (including phenoxy) is 2. The molecule has 0 aromatic heterocycles. The molecule has 0 aliphatic heterocycles. The second kappa shape index (κ2) is 8.68. The Kier molecular flexibility index (Phi) is 6.85. The number of rotatable bonds is 7. The van der Waals surface area contributed by atoms with E-state index in [-0.39, 0.29) is 18.0 Å². The van der Waals surface area contributed by atoms with E-state index < -0.39 is 0 Å². The molecule has 0 radical (unpaired) electrons. The van der Waals surface area contributed by atoms with Crippen molar-refractivity contribution in [1.29, 1.82) is 0 Å². The monoisotopic (exact) mass is 409 g/mol. The summed E-state index contributed by atoms with van der Waals surface area (Å²) in [6.07, 6.45) is 0. The van der Waals surface area contributed by atoms with Gasteiger partial charge in [0.15, 0.2) is 11.5 Å². The van der Waals surface area contributed by atoms with E-state index in [1.165, 1.54) is 6.07 Å².